The maximum atomic E-state index is 11.5. The first-order valence-corrected chi connectivity index (χ1v) is 5.61. The first-order chi connectivity index (χ1) is 7.66. The van der Waals surface area contributed by atoms with Gasteiger partial charge >= 0.3 is 0 Å². The van der Waals surface area contributed by atoms with Crippen molar-refractivity contribution in [3.63, 3.8) is 0 Å². The lowest BCUT2D eigenvalue weighted by Crippen LogP contribution is -2.29. The molecule has 1 heterocycles. The van der Waals surface area contributed by atoms with Gasteiger partial charge in [0.15, 0.2) is 10.3 Å². The Balaban J connectivity index is 1.93. The fourth-order valence-electron chi connectivity index (χ4n) is 1.16. The summed E-state index contributed by atoms with van der Waals surface area (Å²) in [5.74, 6) is -0.203. The topological polar surface area (TPSA) is 66.9 Å². The molecule has 2 rings (SSSR count). The van der Waals surface area contributed by atoms with E-state index in [2.05, 4.69) is 20.6 Å². The number of nitrogens with zero attached hydrogens (tertiary/aromatic N) is 2. The lowest BCUT2D eigenvalue weighted by atomic mass is 10.4. The maximum Gasteiger partial charge on any atom is 0.238 e. The Morgan fingerprint density at radius 3 is 2.56 bits per heavy atom. The van der Waals surface area contributed by atoms with Crippen molar-refractivity contribution in [1.29, 1.82) is 0 Å². The van der Waals surface area contributed by atoms with E-state index in [1.807, 2.05) is 0 Å². The first-order valence-electron chi connectivity index (χ1n) is 4.86. The number of hydrogen-bond donors (Lipinski definition) is 2. The summed E-state index contributed by atoms with van der Waals surface area (Å²) < 4.78 is 0. The summed E-state index contributed by atoms with van der Waals surface area (Å²) in [5.41, 5.74) is 0.258. The van der Waals surface area contributed by atoms with Crippen LogP contribution in [0.3, 0.4) is 0 Å². The minimum atomic E-state index is -0.203. The van der Waals surface area contributed by atoms with Gasteiger partial charge in [-0.25, -0.2) is 9.97 Å². The largest absolute Gasteiger partial charge is 0.320 e. The van der Waals surface area contributed by atoms with Crippen LogP contribution in [0.4, 0.5) is 5.69 Å². The van der Waals surface area contributed by atoms with E-state index in [0.29, 0.717) is 6.04 Å². The minimum Gasteiger partial charge on any atom is -0.320 e. The summed E-state index contributed by atoms with van der Waals surface area (Å²) in [7, 11) is 0. The minimum absolute atomic E-state index is 0.139. The van der Waals surface area contributed by atoms with Gasteiger partial charge in [0, 0.05) is 6.04 Å². The second-order valence-corrected chi connectivity index (χ2v) is 4.25. The predicted molar refractivity (Wildman–Crippen MR) is 61.7 cm³/mol. The Hall–Kier alpha value is -0.910. The summed E-state index contributed by atoms with van der Waals surface area (Å²) in [5, 5.41) is 5.93. The summed E-state index contributed by atoms with van der Waals surface area (Å²) in [6, 6.07) is 0.476. The zero-order valence-electron chi connectivity index (χ0n) is 8.33. The quantitative estimate of drug-likeness (QED) is 0.805. The van der Waals surface area contributed by atoms with Crippen molar-refractivity contribution in [1.82, 2.24) is 15.3 Å². The van der Waals surface area contributed by atoms with E-state index in [-0.39, 0.29) is 28.4 Å². The van der Waals surface area contributed by atoms with Crippen LogP contribution in [0.25, 0.3) is 0 Å². The van der Waals surface area contributed by atoms with Gasteiger partial charge in [-0.3, -0.25) is 4.79 Å². The summed E-state index contributed by atoms with van der Waals surface area (Å²) in [6.07, 6.45) is 3.50. The Morgan fingerprint density at radius 2 is 2.00 bits per heavy atom. The molecule has 16 heavy (non-hydrogen) atoms. The molecule has 0 aromatic carbocycles. The van der Waals surface area contributed by atoms with Crippen LogP contribution < -0.4 is 10.6 Å². The molecule has 1 aliphatic rings. The van der Waals surface area contributed by atoms with Crippen LogP contribution in [0.1, 0.15) is 12.8 Å². The molecule has 1 aliphatic carbocycles. The molecule has 1 amide bonds. The van der Waals surface area contributed by atoms with Crippen LogP contribution >= 0.6 is 23.2 Å². The number of amides is 1. The zero-order valence-corrected chi connectivity index (χ0v) is 9.85. The molecule has 0 radical (unpaired) electrons. The number of carbonyl (C=O) groups excluding carboxylic acids is 1. The van der Waals surface area contributed by atoms with E-state index in [1.54, 1.807) is 0 Å². The number of carbonyl (C=O) groups is 1. The Morgan fingerprint density at radius 1 is 1.38 bits per heavy atom. The van der Waals surface area contributed by atoms with Crippen molar-refractivity contribution in [3.8, 4) is 0 Å². The van der Waals surface area contributed by atoms with Crippen LogP contribution in [0.2, 0.25) is 10.3 Å². The van der Waals surface area contributed by atoms with Crippen molar-refractivity contribution in [2.24, 2.45) is 0 Å². The van der Waals surface area contributed by atoms with Crippen molar-refractivity contribution < 1.29 is 4.79 Å². The number of halogens is 2. The molecule has 86 valence electrons. The number of aromatic nitrogens is 2. The van der Waals surface area contributed by atoms with Crippen LogP contribution in [-0.2, 0) is 4.79 Å². The van der Waals surface area contributed by atoms with Gasteiger partial charge in [-0.05, 0) is 12.8 Å². The second-order valence-electron chi connectivity index (χ2n) is 3.53. The molecule has 1 fully saturated rings. The fourth-order valence-corrected chi connectivity index (χ4v) is 1.56. The molecule has 1 saturated carbocycles. The van der Waals surface area contributed by atoms with Gasteiger partial charge in [-0.1, -0.05) is 23.2 Å². The van der Waals surface area contributed by atoms with Crippen LogP contribution in [-0.4, -0.2) is 28.5 Å². The molecule has 1 aromatic rings. The highest BCUT2D eigenvalue weighted by molar-refractivity contribution is 6.38. The average Bonchev–Trinajstić information content (AvgIpc) is 3.04. The number of anilines is 1. The van der Waals surface area contributed by atoms with E-state index < -0.39 is 0 Å². The molecular weight excluding hydrogens is 251 g/mol. The van der Waals surface area contributed by atoms with Crippen LogP contribution in [0.5, 0.6) is 0 Å². The summed E-state index contributed by atoms with van der Waals surface area (Å²) in [6.45, 7) is 0.242. The lowest BCUT2D eigenvalue weighted by Gasteiger charge is -2.07. The summed E-state index contributed by atoms with van der Waals surface area (Å²) in [4.78, 5) is 19.0. The van der Waals surface area contributed by atoms with Gasteiger partial charge in [0.05, 0.1) is 6.54 Å². The molecule has 0 aliphatic heterocycles. The highest BCUT2D eigenvalue weighted by atomic mass is 35.5. The third kappa shape index (κ3) is 3.04. The summed E-state index contributed by atoms with van der Waals surface area (Å²) >= 11 is 11.6. The second kappa shape index (κ2) is 4.95. The molecule has 0 bridgehead atoms. The van der Waals surface area contributed by atoms with E-state index in [1.165, 1.54) is 6.33 Å². The van der Waals surface area contributed by atoms with Gasteiger partial charge in [-0.2, -0.15) is 0 Å². The van der Waals surface area contributed by atoms with Crippen molar-refractivity contribution in [2.45, 2.75) is 18.9 Å². The standard InChI is InChI=1S/C9H10Cl2N4O/c10-8-7(9(11)14-4-13-8)15-6(16)3-12-5-1-2-5/h4-5,12H,1-3H2,(H,15,16). The molecule has 0 spiro atoms. The Bertz CT molecular complexity index is 388. The van der Waals surface area contributed by atoms with Gasteiger partial charge in [-0.15, -0.1) is 0 Å². The monoisotopic (exact) mass is 260 g/mol. The van der Waals surface area contributed by atoms with Crippen molar-refractivity contribution in [3.05, 3.63) is 16.6 Å². The van der Waals surface area contributed by atoms with Crippen molar-refractivity contribution >= 4 is 34.8 Å². The highest BCUT2D eigenvalue weighted by Gasteiger charge is 2.21. The van der Waals surface area contributed by atoms with E-state index in [9.17, 15) is 4.79 Å². The fraction of sp³-hybridized carbons (Fsp3) is 0.444. The van der Waals surface area contributed by atoms with Gasteiger partial charge in [0.1, 0.15) is 12.0 Å². The van der Waals surface area contributed by atoms with Gasteiger partial charge in [0.25, 0.3) is 0 Å². The van der Waals surface area contributed by atoms with Gasteiger partial charge in [0.2, 0.25) is 5.91 Å². The molecule has 0 unspecified atom stereocenters. The van der Waals surface area contributed by atoms with E-state index in [0.717, 1.165) is 12.8 Å². The maximum absolute atomic E-state index is 11.5. The van der Waals surface area contributed by atoms with Crippen molar-refractivity contribution in [2.75, 3.05) is 11.9 Å². The lowest BCUT2D eigenvalue weighted by molar-refractivity contribution is -0.115. The smallest absolute Gasteiger partial charge is 0.238 e. The third-order valence-electron chi connectivity index (χ3n) is 2.15. The third-order valence-corrected chi connectivity index (χ3v) is 2.72. The molecule has 5 nitrogen and oxygen atoms in total. The van der Waals surface area contributed by atoms with Crippen LogP contribution in [0.15, 0.2) is 6.33 Å². The van der Waals surface area contributed by atoms with E-state index >= 15 is 0 Å². The predicted octanol–water partition coefficient (Wildman–Crippen LogP) is 1.47. The number of hydrogen-bond acceptors (Lipinski definition) is 4. The SMILES string of the molecule is O=C(CNC1CC1)Nc1c(Cl)ncnc1Cl. The molecule has 2 N–H and O–H groups in total. The van der Waals surface area contributed by atoms with Crippen LogP contribution in [0, 0.1) is 0 Å². The number of rotatable bonds is 4. The Labute approximate surface area is 103 Å². The molecular formula is C9H10Cl2N4O. The molecule has 7 heteroatoms. The highest BCUT2D eigenvalue weighted by Crippen LogP contribution is 2.25. The first kappa shape index (κ1) is 11.6. The Kier molecular flexibility index (Phi) is 3.58. The molecule has 1 aromatic heterocycles. The normalized spacial score (nSPS) is 14.9. The average molecular weight is 261 g/mol. The molecule has 0 atom stereocenters. The zero-order chi connectivity index (χ0) is 11.5. The molecule has 0 saturated heterocycles. The van der Waals surface area contributed by atoms with Gasteiger partial charge < -0.3 is 10.6 Å². The van der Waals surface area contributed by atoms with E-state index in [4.69, 9.17) is 23.2 Å². The number of nitrogens with one attached hydrogen (secondary N) is 2.